The van der Waals surface area contributed by atoms with Crippen LogP contribution in [-0.4, -0.2) is 6.54 Å². The molecule has 0 spiro atoms. The van der Waals surface area contributed by atoms with E-state index in [0.29, 0.717) is 0 Å². The van der Waals surface area contributed by atoms with E-state index in [-0.39, 0.29) is 0 Å². The van der Waals surface area contributed by atoms with Gasteiger partial charge in [-0.2, -0.15) is 0 Å². The van der Waals surface area contributed by atoms with E-state index in [1.54, 1.807) is 0 Å². The van der Waals surface area contributed by atoms with Crippen molar-refractivity contribution < 1.29 is 0 Å². The van der Waals surface area contributed by atoms with Crippen LogP contribution in [0, 0.1) is 6.92 Å². The van der Waals surface area contributed by atoms with Crippen molar-refractivity contribution in [2.75, 3.05) is 17.2 Å². The molecule has 2 aromatic rings. The topological polar surface area (TPSA) is 29.3 Å². The quantitative estimate of drug-likeness (QED) is 0.773. The second kappa shape index (κ2) is 4.37. The lowest BCUT2D eigenvalue weighted by molar-refractivity contribution is 0.732. The first-order valence-corrected chi connectivity index (χ1v) is 6.41. The van der Waals surface area contributed by atoms with Crippen molar-refractivity contribution in [2.24, 2.45) is 0 Å². The molecule has 92 valence electrons. The molecule has 0 amide bonds. The third kappa shape index (κ3) is 2.06. The molecule has 0 aromatic heterocycles. The van der Waals surface area contributed by atoms with Crippen molar-refractivity contribution >= 4 is 11.4 Å². The van der Waals surface area contributed by atoms with Crippen molar-refractivity contribution in [2.45, 2.75) is 19.9 Å². The zero-order valence-corrected chi connectivity index (χ0v) is 10.7. The van der Waals surface area contributed by atoms with Crippen molar-refractivity contribution in [1.29, 1.82) is 0 Å². The summed E-state index contributed by atoms with van der Waals surface area (Å²) in [5.41, 5.74) is 12.2. The molecule has 2 heteroatoms. The highest BCUT2D eigenvalue weighted by Crippen LogP contribution is 2.26. The van der Waals surface area contributed by atoms with E-state index < -0.39 is 0 Å². The maximum absolute atomic E-state index is 5.87. The fourth-order valence-electron chi connectivity index (χ4n) is 2.62. The zero-order valence-electron chi connectivity index (χ0n) is 10.7. The number of nitrogens with zero attached hydrogens (tertiary/aromatic N) is 1. The monoisotopic (exact) mass is 238 g/mol. The van der Waals surface area contributed by atoms with Gasteiger partial charge in [-0.15, -0.1) is 0 Å². The third-order valence-corrected chi connectivity index (χ3v) is 3.61. The number of nitrogen functional groups attached to an aromatic ring is 1. The Bertz CT molecular complexity index is 575. The van der Waals surface area contributed by atoms with Gasteiger partial charge in [0, 0.05) is 24.5 Å². The van der Waals surface area contributed by atoms with Crippen LogP contribution in [0.4, 0.5) is 11.4 Å². The first kappa shape index (κ1) is 11.1. The van der Waals surface area contributed by atoms with Crippen LogP contribution in [0.3, 0.4) is 0 Å². The Balaban J connectivity index is 1.90. The number of hydrogen-bond donors (Lipinski definition) is 1. The van der Waals surface area contributed by atoms with Crippen molar-refractivity contribution in [3.63, 3.8) is 0 Å². The van der Waals surface area contributed by atoms with Gasteiger partial charge in [-0.25, -0.2) is 0 Å². The molecule has 1 aliphatic rings. The minimum absolute atomic E-state index is 0.861. The van der Waals surface area contributed by atoms with Gasteiger partial charge in [-0.1, -0.05) is 18.2 Å². The summed E-state index contributed by atoms with van der Waals surface area (Å²) in [6.45, 7) is 4.18. The lowest BCUT2D eigenvalue weighted by Crippen LogP contribution is -2.30. The molecule has 0 radical (unpaired) electrons. The van der Waals surface area contributed by atoms with Crippen LogP contribution >= 0.6 is 0 Å². The van der Waals surface area contributed by atoms with E-state index in [0.717, 1.165) is 25.2 Å². The average molecular weight is 238 g/mol. The van der Waals surface area contributed by atoms with Crippen molar-refractivity contribution in [1.82, 2.24) is 0 Å². The molecular weight excluding hydrogens is 220 g/mol. The normalized spacial score (nSPS) is 14.4. The second-order valence-corrected chi connectivity index (χ2v) is 5.04. The molecule has 0 aliphatic carbocycles. The van der Waals surface area contributed by atoms with Gasteiger partial charge in [-0.05, 0) is 54.3 Å². The first-order valence-electron chi connectivity index (χ1n) is 6.41. The van der Waals surface area contributed by atoms with E-state index in [1.807, 2.05) is 6.07 Å². The highest BCUT2D eigenvalue weighted by atomic mass is 15.1. The summed E-state index contributed by atoms with van der Waals surface area (Å²) in [6, 6.07) is 15.0. The van der Waals surface area contributed by atoms with Gasteiger partial charge in [0.15, 0.2) is 0 Å². The molecule has 0 bridgehead atoms. The number of fused-ring (bicyclic) bond motifs is 1. The highest BCUT2D eigenvalue weighted by Gasteiger charge is 2.16. The standard InChI is InChI=1S/C16H18N2/c1-12-3-2-4-16(9-12)18-8-7-13-5-6-15(17)10-14(13)11-18/h2-6,9-10H,7-8,11,17H2,1H3. The number of rotatable bonds is 1. The van der Waals surface area contributed by atoms with Gasteiger partial charge < -0.3 is 10.6 Å². The summed E-state index contributed by atoms with van der Waals surface area (Å²) in [4.78, 5) is 2.43. The van der Waals surface area contributed by atoms with Gasteiger partial charge in [0.1, 0.15) is 0 Å². The summed E-state index contributed by atoms with van der Waals surface area (Å²) < 4.78 is 0. The fraction of sp³-hybridized carbons (Fsp3) is 0.250. The molecule has 0 saturated carbocycles. The van der Waals surface area contributed by atoms with Crippen LogP contribution in [-0.2, 0) is 13.0 Å². The molecule has 2 aromatic carbocycles. The lowest BCUT2D eigenvalue weighted by atomic mass is 9.98. The van der Waals surface area contributed by atoms with Crippen LogP contribution in [0.2, 0.25) is 0 Å². The molecule has 0 fully saturated rings. The number of benzene rings is 2. The number of nitrogens with two attached hydrogens (primary N) is 1. The van der Waals surface area contributed by atoms with Crippen LogP contribution < -0.4 is 10.6 Å². The van der Waals surface area contributed by atoms with Gasteiger partial charge in [0.25, 0.3) is 0 Å². The third-order valence-electron chi connectivity index (χ3n) is 3.61. The Morgan fingerprint density at radius 1 is 1.06 bits per heavy atom. The smallest absolute Gasteiger partial charge is 0.0433 e. The maximum Gasteiger partial charge on any atom is 0.0433 e. The SMILES string of the molecule is Cc1cccc(N2CCc3ccc(N)cc3C2)c1. The maximum atomic E-state index is 5.87. The molecule has 2 nitrogen and oxygen atoms in total. The van der Waals surface area contributed by atoms with E-state index >= 15 is 0 Å². The number of anilines is 2. The Hall–Kier alpha value is -1.96. The minimum Gasteiger partial charge on any atom is -0.399 e. The predicted molar refractivity (Wildman–Crippen MR) is 76.8 cm³/mol. The Morgan fingerprint density at radius 3 is 2.78 bits per heavy atom. The summed E-state index contributed by atoms with van der Waals surface area (Å²) in [5, 5.41) is 0. The second-order valence-electron chi connectivity index (χ2n) is 5.04. The summed E-state index contributed by atoms with van der Waals surface area (Å²) in [5.74, 6) is 0. The van der Waals surface area contributed by atoms with E-state index in [9.17, 15) is 0 Å². The van der Waals surface area contributed by atoms with E-state index in [2.05, 4.69) is 48.2 Å². The van der Waals surface area contributed by atoms with Gasteiger partial charge in [0.2, 0.25) is 0 Å². The molecule has 0 atom stereocenters. The molecule has 18 heavy (non-hydrogen) atoms. The summed E-state index contributed by atoms with van der Waals surface area (Å²) in [6.07, 6.45) is 1.10. The van der Waals surface area contributed by atoms with Gasteiger partial charge in [-0.3, -0.25) is 0 Å². The van der Waals surface area contributed by atoms with Crippen LogP contribution in [0.25, 0.3) is 0 Å². The van der Waals surface area contributed by atoms with E-state index in [1.165, 1.54) is 22.4 Å². The minimum atomic E-state index is 0.861. The van der Waals surface area contributed by atoms with Crippen molar-refractivity contribution in [3.8, 4) is 0 Å². The van der Waals surface area contributed by atoms with E-state index in [4.69, 9.17) is 5.73 Å². The molecule has 1 heterocycles. The van der Waals surface area contributed by atoms with Gasteiger partial charge in [0.05, 0.1) is 0 Å². The average Bonchev–Trinajstić information content (AvgIpc) is 2.38. The first-order chi connectivity index (χ1) is 8.72. The molecule has 1 aliphatic heterocycles. The molecule has 0 unspecified atom stereocenters. The Kier molecular flexibility index (Phi) is 2.71. The highest BCUT2D eigenvalue weighted by molar-refractivity contribution is 5.53. The Labute approximate surface area is 108 Å². The molecule has 0 saturated heterocycles. The van der Waals surface area contributed by atoms with Crippen LogP contribution in [0.15, 0.2) is 42.5 Å². The van der Waals surface area contributed by atoms with Crippen LogP contribution in [0.5, 0.6) is 0 Å². The van der Waals surface area contributed by atoms with Crippen molar-refractivity contribution in [3.05, 3.63) is 59.2 Å². The largest absolute Gasteiger partial charge is 0.399 e. The number of hydrogen-bond acceptors (Lipinski definition) is 2. The summed E-state index contributed by atoms with van der Waals surface area (Å²) in [7, 11) is 0. The summed E-state index contributed by atoms with van der Waals surface area (Å²) >= 11 is 0. The molecular formula is C16H18N2. The number of aryl methyl sites for hydroxylation is 1. The Morgan fingerprint density at radius 2 is 1.94 bits per heavy atom. The fourth-order valence-corrected chi connectivity index (χ4v) is 2.62. The lowest BCUT2D eigenvalue weighted by Gasteiger charge is -2.31. The predicted octanol–water partition coefficient (Wildman–Crippen LogP) is 3.14. The zero-order chi connectivity index (χ0) is 12.5. The van der Waals surface area contributed by atoms with Gasteiger partial charge >= 0.3 is 0 Å². The molecule has 2 N–H and O–H groups in total. The molecule has 3 rings (SSSR count). The van der Waals surface area contributed by atoms with Crippen LogP contribution in [0.1, 0.15) is 16.7 Å².